The molecule has 0 aromatic heterocycles. The largest absolute Gasteiger partial charge is 0.457 e. The van der Waals surface area contributed by atoms with Crippen molar-refractivity contribution in [2.75, 3.05) is 12.3 Å². The Morgan fingerprint density at radius 1 is 1.04 bits per heavy atom. The molecule has 2 aromatic rings. The van der Waals surface area contributed by atoms with Gasteiger partial charge in [0.2, 0.25) is 0 Å². The summed E-state index contributed by atoms with van der Waals surface area (Å²) in [5.41, 5.74) is 6.74. The minimum absolute atomic E-state index is 0.427. The minimum atomic E-state index is -0.494. The minimum Gasteiger partial charge on any atom is -0.457 e. The van der Waals surface area contributed by atoms with E-state index in [-0.39, 0.29) is 0 Å². The van der Waals surface area contributed by atoms with Crippen molar-refractivity contribution < 1.29 is 14.3 Å². The standard InChI is InChI=1S/C21H24N2O3/c1-21(2,3)26-20(24)23-15-5-4-6-16-7-11-18(12-8-16)25-19-13-9-17(22)10-14-19/h7-14H,5,15,22H2,1-3H3,(H,23,24). The Hall–Kier alpha value is -3.13. The second kappa shape index (κ2) is 8.82. The summed E-state index contributed by atoms with van der Waals surface area (Å²) in [6, 6.07) is 14.7. The van der Waals surface area contributed by atoms with Gasteiger partial charge in [-0.1, -0.05) is 11.8 Å². The van der Waals surface area contributed by atoms with Gasteiger partial charge in [0.15, 0.2) is 0 Å². The van der Waals surface area contributed by atoms with Gasteiger partial charge in [-0.05, 0) is 69.3 Å². The maximum Gasteiger partial charge on any atom is 0.407 e. The van der Waals surface area contributed by atoms with Crippen LogP contribution < -0.4 is 15.8 Å². The van der Waals surface area contributed by atoms with E-state index < -0.39 is 11.7 Å². The lowest BCUT2D eigenvalue weighted by Gasteiger charge is -2.19. The van der Waals surface area contributed by atoms with Crippen molar-refractivity contribution >= 4 is 11.8 Å². The Balaban J connectivity index is 1.78. The number of nitrogens with two attached hydrogens (primary N) is 1. The van der Waals surface area contributed by atoms with Crippen molar-refractivity contribution in [3.63, 3.8) is 0 Å². The molecule has 0 unspecified atom stereocenters. The van der Waals surface area contributed by atoms with Crippen molar-refractivity contribution in [2.45, 2.75) is 32.8 Å². The van der Waals surface area contributed by atoms with E-state index in [0.717, 1.165) is 17.1 Å². The summed E-state index contributed by atoms with van der Waals surface area (Å²) >= 11 is 0. The van der Waals surface area contributed by atoms with E-state index in [1.165, 1.54) is 0 Å². The highest BCUT2D eigenvalue weighted by molar-refractivity contribution is 5.67. The predicted octanol–water partition coefficient (Wildman–Crippen LogP) is 4.33. The predicted molar refractivity (Wildman–Crippen MR) is 103 cm³/mol. The first-order valence-electron chi connectivity index (χ1n) is 8.41. The molecule has 136 valence electrons. The van der Waals surface area contributed by atoms with E-state index in [9.17, 15) is 4.79 Å². The molecule has 5 nitrogen and oxygen atoms in total. The molecule has 0 aliphatic carbocycles. The number of hydrogen-bond acceptors (Lipinski definition) is 4. The maximum atomic E-state index is 11.5. The van der Waals surface area contributed by atoms with Crippen LogP contribution in [-0.4, -0.2) is 18.2 Å². The van der Waals surface area contributed by atoms with Gasteiger partial charge in [0.05, 0.1) is 0 Å². The van der Waals surface area contributed by atoms with Crippen LogP contribution in [0, 0.1) is 11.8 Å². The summed E-state index contributed by atoms with van der Waals surface area (Å²) in [6.07, 6.45) is 0.117. The van der Waals surface area contributed by atoms with E-state index in [4.69, 9.17) is 15.2 Å². The average molecular weight is 352 g/mol. The number of ether oxygens (including phenoxy) is 2. The lowest BCUT2D eigenvalue weighted by atomic mass is 10.2. The van der Waals surface area contributed by atoms with Gasteiger partial charge in [0.25, 0.3) is 0 Å². The Morgan fingerprint density at radius 3 is 2.19 bits per heavy atom. The molecule has 0 atom stereocenters. The highest BCUT2D eigenvalue weighted by Gasteiger charge is 2.15. The Morgan fingerprint density at radius 2 is 1.62 bits per heavy atom. The summed E-state index contributed by atoms with van der Waals surface area (Å²) < 4.78 is 10.9. The summed E-state index contributed by atoms with van der Waals surface area (Å²) in [4.78, 5) is 11.5. The molecular formula is C21H24N2O3. The average Bonchev–Trinajstić information content (AvgIpc) is 2.56. The van der Waals surface area contributed by atoms with Crippen molar-refractivity contribution in [1.82, 2.24) is 5.32 Å². The van der Waals surface area contributed by atoms with E-state index in [1.54, 1.807) is 12.1 Å². The van der Waals surface area contributed by atoms with Crippen molar-refractivity contribution in [3.05, 3.63) is 54.1 Å². The molecule has 2 rings (SSSR count). The SMILES string of the molecule is CC(C)(C)OC(=O)NCCC#Cc1ccc(Oc2ccc(N)cc2)cc1. The molecule has 0 aliphatic heterocycles. The van der Waals surface area contributed by atoms with Gasteiger partial charge in [-0.15, -0.1) is 0 Å². The summed E-state index contributed by atoms with van der Waals surface area (Å²) in [5, 5.41) is 2.67. The second-order valence-corrected chi connectivity index (χ2v) is 6.68. The fourth-order valence-electron chi connectivity index (χ4n) is 1.98. The molecule has 0 heterocycles. The van der Waals surface area contributed by atoms with Gasteiger partial charge in [-0.2, -0.15) is 0 Å². The van der Waals surface area contributed by atoms with Crippen LogP contribution in [0.4, 0.5) is 10.5 Å². The highest BCUT2D eigenvalue weighted by Crippen LogP contribution is 2.22. The number of nitrogen functional groups attached to an aromatic ring is 1. The van der Waals surface area contributed by atoms with Crippen LogP contribution in [0.2, 0.25) is 0 Å². The third kappa shape index (κ3) is 7.18. The zero-order chi connectivity index (χ0) is 19.0. The molecule has 0 saturated heterocycles. The van der Waals surface area contributed by atoms with Crippen LogP contribution in [0.5, 0.6) is 11.5 Å². The zero-order valence-corrected chi connectivity index (χ0v) is 15.3. The van der Waals surface area contributed by atoms with Crippen LogP contribution in [0.3, 0.4) is 0 Å². The van der Waals surface area contributed by atoms with E-state index >= 15 is 0 Å². The summed E-state index contributed by atoms with van der Waals surface area (Å²) in [5.74, 6) is 7.53. The number of alkyl carbamates (subject to hydrolysis) is 1. The van der Waals surface area contributed by atoms with Crippen LogP contribution in [0.25, 0.3) is 0 Å². The molecule has 5 heteroatoms. The molecule has 0 saturated carbocycles. The van der Waals surface area contributed by atoms with Crippen molar-refractivity contribution in [3.8, 4) is 23.3 Å². The number of hydrogen-bond donors (Lipinski definition) is 2. The number of carbonyl (C=O) groups excluding carboxylic acids is 1. The smallest absolute Gasteiger partial charge is 0.407 e. The Bertz CT molecular complexity index is 779. The van der Waals surface area contributed by atoms with Gasteiger partial charge >= 0.3 is 6.09 Å². The monoisotopic (exact) mass is 352 g/mol. The van der Waals surface area contributed by atoms with Gasteiger partial charge in [0, 0.05) is 24.2 Å². The number of nitrogens with one attached hydrogen (secondary N) is 1. The molecule has 26 heavy (non-hydrogen) atoms. The molecule has 1 amide bonds. The summed E-state index contributed by atoms with van der Waals surface area (Å²) in [6.45, 7) is 5.92. The third-order valence-electron chi connectivity index (χ3n) is 3.12. The molecule has 3 N–H and O–H groups in total. The van der Waals surface area contributed by atoms with Crippen LogP contribution >= 0.6 is 0 Å². The quantitative estimate of drug-likeness (QED) is 0.488. The van der Waals surface area contributed by atoms with Gasteiger partial charge in [0.1, 0.15) is 17.1 Å². The number of carbonyl (C=O) groups is 1. The number of anilines is 1. The van der Waals surface area contributed by atoms with Gasteiger partial charge < -0.3 is 20.5 Å². The lowest BCUT2D eigenvalue weighted by Crippen LogP contribution is -2.32. The number of rotatable bonds is 4. The fourth-order valence-corrected chi connectivity index (χ4v) is 1.98. The van der Waals surface area contributed by atoms with Gasteiger partial charge in [-0.25, -0.2) is 4.79 Å². The Labute approximate surface area is 154 Å². The number of amides is 1. The first-order chi connectivity index (χ1) is 12.3. The van der Waals surface area contributed by atoms with E-state index in [1.807, 2.05) is 57.2 Å². The van der Waals surface area contributed by atoms with Crippen LogP contribution in [0.1, 0.15) is 32.8 Å². The first kappa shape index (κ1) is 19.2. The molecule has 0 bridgehead atoms. The zero-order valence-electron chi connectivity index (χ0n) is 15.3. The summed E-state index contributed by atoms with van der Waals surface area (Å²) in [7, 11) is 0. The molecule has 0 spiro atoms. The Kier molecular flexibility index (Phi) is 6.51. The van der Waals surface area contributed by atoms with Crippen molar-refractivity contribution in [1.29, 1.82) is 0 Å². The topological polar surface area (TPSA) is 73.6 Å². The van der Waals surface area contributed by atoms with Crippen molar-refractivity contribution in [2.24, 2.45) is 0 Å². The third-order valence-corrected chi connectivity index (χ3v) is 3.12. The molecule has 0 aliphatic rings. The second-order valence-electron chi connectivity index (χ2n) is 6.68. The first-order valence-corrected chi connectivity index (χ1v) is 8.41. The number of benzene rings is 2. The normalized spacial score (nSPS) is 10.4. The molecule has 2 aromatic carbocycles. The van der Waals surface area contributed by atoms with E-state index in [2.05, 4.69) is 17.2 Å². The van der Waals surface area contributed by atoms with Gasteiger partial charge in [-0.3, -0.25) is 0 Å². The maximum absolute atomic E-state index is 11.5. The molecular weight excluding hydrogens is 328 g/mol. The highest BCUT2D eigenvalue weighted by atomic mass is 16.6. The lowest BCUT2D eigenvalue weighted by molar-refractivity contribution is 0.0529. The molecule has 0 fully saturated rings. The van der Waals surface area contributed by atoms with Crippen LogP contribution in [0.15, 0.2) is 48.5 Å². The fraction of sp³-hybridized carbons (Fsp3) is 0.286. The van der Waals surface area contributed by atoms with Crippen LogP contribution in [-0.2, 0) is 4.74 Å². The van der Waals surface area contributed by atoms with E-state index in [0.29, 0.717) is 18.7 Å². The molecule has 0 radical (unpaired) electrons.